The average Bonchev–Trinajstić information content (AvgIpc) is 2.82. The van der Waals surface area contributed by atoms with Crippen LogP contribution in [0.5, 0.6) is 0 Å². The number of rotatable bonds is 6. The summed E-state index contributed by atoms with van der Waals surface area (Å²) in [6.07, 6.45) is 0.448. The van der Waals surface area contributed by atoms with E-state index in [1.807, 2.05) is 13.8 Å². The van der Waals surface area contributed by atoms with Gasteiger partial charge in [0.05, 0.1) is 11.4 Å². The van der Waals surface area contributed by atoms with Crippen molar-refractivity contribution in [1.82, 2.24) is 14.8 Å². The summed E-state index contributed by atoms with van der Waals surface area (Å²) < 4.78 is 6.79. The third-order valence-corrected chi connectivity index (χ3v) is 4.16. The summed E-state index contributed by atoms with van der Waals surface area (Å²) in [5.41, 5.74) is 0.941. The van der Waals surface area contributed by atoms with Gasteiger partial charge in [-0.05, 0) is 31.9 Å². The highest BCUT2D eigenvalue weighted by molar-refractivity contribution is 6.33. The van der Waals surface area contributed by atoms with Gasteiger partial charge < -0.3 is 10.1 Å². The largest absolute Gasteiger partial charge is 0.449 e. The molecule has 9 heteroatoms. The van der Waals surface area contributed by atoms with Crippen molar-refractivity contribution in [3.05, 3.63) is 39.9 Å². The number of pyridine rings is 1. The van der Waals surface area contributed by atoms with Gasteiger partial charge in [0.2, 0.25) is 0 Å². The number of carbonyl (C=O) groups is 2. The lowest BCUT2D eigenvalue weighted by atomic mass is 10.2. The quantitative estimate of drug-likeness (QED) is 0.591. The molecule has 0 aliphatic rings. The second-order valence-corrected chi connectivity index (χ2v) is 6.92. The highest BCUT2D eigenvalue weighted by atomic mass is 35.5. The number of carbonyl (C=O) groups excluding carboxylic acids is 2. The Morgan fingerprint density at radius 1 is 1.31 bits per heavy atom. The normalized spacial score (nSPS) is 12.1. The molecule has 2 rings (SSSR count). The standard InChI is InChI=1S/C17H20Cl2N4O3/c1-9(2)8-23-15(19)13(10(3)22-23)17(25)26-11(4)16(24)21-12-6-5-7-20-14(12)18/h5-7,9,11H,8H2,1-4H3,(H,21,24). The highest BCUT2D eigenvalue weighted by Gasteiger charge is 2.26. The fourth-order valence-electron chi connectivity index (χ4n) is 2.24. The number of anilines is 1. The second kappa shape index (κ2) is 8.51. The fraction of sp³-hybridized carbons (Fsp3) is 0.412. The first kappa shape index (κ1) is 20.2. The van der Waals surface area contributed by atoms with Gasteiger partial charge in [-0.1, -0.05) is 37.0 Å². The molecule has 7 nitrogen and oxygen atoms in total. The fourth-order valence-corrected chi connectivity index (χ4v) is 2.73. The van der Waals surface area contributed by atoms with Gasteiger partial charge in [0.1, 0.15) is 10.7 Å². The maximum absolute atomic E-state index is 12.4. The number of nitrogens with zero attached hydrogens (tertiary/aromatic N) is 3. The Kier molecular flexibility index (Phi) is 6.61. The molecule has 1 unspecified atom stereocenters. The first-order chi connectivity index (χ1) is 12.2. The third-order valence-electron chi connectivity index (χ3n) is 3.48. The third kappa shape index (κ3) is 4.74. The molecule has 26 heavy (non-hydrogen) atoms. The summed E-state index contributed by atoms with van der Waals surface area (Å²) in [5, 5.41) is 7.17. The number of hydrogen-bond donors (Lipinski definition) is 1. The lowest BCUT2D eigenvalue weighted by Crippen LogP contribution is -2.30. The van der Waals surface area contributed by atoms with Crippen LogP contribution in [0.4, 0.5) is 5.69 Å². The number of ether oxygens (including phenoxy) is 1. The lowest BCUT2D eigenvalue weighted by molar-refractivity contribution is -0.123. The van der Waals surface area contributed by atoms with E-state index in [9.17, 15) is 9.59 Å². The van der Waals surface area contributed by atoms with Crippen molar-refractivity contribution in [3.63, 3.8) is 0 Å². The SMILES string of the molecule is Cc1nn(CC(C)C)c(Cl)c1C(=O)OC(C)C(=O)Nc1cccnc1Cl. The van der Waals surface area contributed by atoms with Crippen molar-refractivity contribution in [2.24, 2.45) is 5.92 Å². The number of halogens is 2. The van der Waals surface area contributed by atoms with Crippen molar-refractivity contribution in [1.29, 1.82) is 0 Å². The van der Waals surface area contributed by atoms with Gasteiger partial charge in [0.15, 0.2) is 11.3 Å². The molecule has 0 radical (unpaired) electrons. The van der Waals surface area contributed by atoms with E-state index in [1.165, 1.54) is 13.1 Å². The van der Waals surface area contributed by atoms with E-state index >= 15 is 0 Å². The molecule has 2 aromatic heterocycles. The topological polar surface area (TPSA) is 86.1 Å². The van der Waals surface area contributed by atoms with Crippen LogP contribution in [0.25, 0.3) is 0 Å². The first-order valence-electron chi connectivity index (χ1n) is 8.06. The van der Waals surface area contributed by atoms with E-state index in [0.717, 1.165) is 0 Å². The van der Waals surface area contributed by atoms with Gasteiger partial charge in [0.25, 0.3) is 5.91 Å². The highest BCUT2D eigenvalue weighted by Crippen LogP contribution is 2.23. The zero-order chi connectivity index (χ0) is 19.4. The number of amides is 1. The second-order valence-electron chi connectivity index (χ2n) is 6.21. The van der Waals surface area contributed by atoms with E-state index in [2.05, 4.69) is 15.4 Å². The monoisotopic (exact) mass is 398 g/mol. The van der Waals surface area contributed by atoms with E-state index in [0.29, 0.717) is 23.8 Å². The van der Waals surface area contributed by atoms with Crippen LogP contribution in [0.15, 0.2) is 18.3 Å². The molecule has 0 bridgehead atoms. The van der Waals surface area contributed by atoms with E-state index in [4.69, 9.17) is 27.9 Å². The van der Waals surface area contributed by atoms with Crippen LogP contribution in [0.3, 0.4) is 0 Å². The number of esters is 1. The molecule has 1 atom stereocenters. The maximum Gasteiger partial charge on any atom is 0.343 e. The minimum atomic E-state index is -1.05. The Morgan fingerprint density at radius 3 is 2.62 bits per heavy atom. The van der Waals surface area contributed by atoms with E-state index in [1.54, 1.807) is 23.7 Å². The summed E-state index contributed by atoms with van der Waals surface area (Å²) in [6, 6.07) is 3.23. The number of aryl methyl sites for hydroxylation is 1. The van der Waals surface area contributed by atoms with Crippen LogP contribution in [0.2, 0.25) is 10.3 Å². The summed E-state index contributed by atoms with van der Waals surface area (Å²) in [6.45, 7) is 7.73. The van der Waals surface area contributed by atoms with Gasteiger partial charge in [-0.15, -0.1) is 0 Å². The Hall–Kier alpha value is -2.12. The summed E-state index contributed by atoms with van der Waals surface area (Å²) in [4.78, 5) is 28.5. The smallest absolute Gasteiger partial charge is 0.343 e. The molecule has 1 N–H and O–H groups in total. The van der Waals surface area contributed by atoms with Gasteiger partial charge in [-0.2, -0.15) is 5.10 Å². The molecule has 2 heterocycles. The zero-order valence-corrected chi connectivity index (χ0v) is 16.4. The van der Waals surface area contributed by atoms with Gasteiger partial charge in [-0.3, -0.25) is 9.48 Å². The predicted molar refractivity (Wildman–Crippen MR) is 99.6 cm³/mol. The van der Waals surface area contributed by atoms with Crippen LogP contribution in [0, 0.1) is 12.8 Å². The molecule has 0 saturated heterocycles. The van der Waals surface area contributed by atoms with Gasteiger partial charge in [0, 0.05) is 12.7 Å². The molecule has 0 aromatic carbocycles. The number of nitrogens with one attached hydrogen (secondary N) is 1. The first-order valence-corrected chi connectivity index (χ1v) is 8.81. The van der Waals surface area contributed by atoms with Crippen molar-refractivity contribution >= 4 is 40.8 Å². The van der Waals surface area contributed by atoms with Crippen molar-refractivity contribution < 1.29 is 14.3 Å². The Balaban J connectivity index is 2.08. The molecule has 0 spiro atoms. The van der Waals surface area contributed by atoms with Crippen molar-refractivity contribution in [3.8, 4) is 0 Å². The molecular formula is C17H20Cl2N4O3. The van der Waals surface area contributed by atoms with Crippen LogP contribution in [0.1, 0.15) is 36.8 Å². The predicted octanol–water partition coefficient (Wildman–Crippen LogP) is 3.73. The van der Waals surface area contributed by atoms with Crippen LogP contribution in [-0.2, 0) is 16.1 Å². The van der Waals surface area contributed by atoms with Crippen molar-refractivity contribution in [2.45, 2.75) is 40.3 Å². The minimum Gasteiger partial charge on any atom is -0.449 e. The molecule has 0 aliphatic heterocycles. The molecule has 0 saturated carbocycles. The Labute approximate surface area is 161 Å². The number of aromatic nitrogens is 3. The van der Waals surface area contributed by atoms with Crippen LogP contribution < -0.4 is 5.32 Å². The molecule has 2 aromatic rings. The zero-order valence-electron chi connectivity index (χ0n) is 14.9. The van der Waals surface area contributed by atoms with Crippen LogP contribution in [-0.4, -0.2) is 32.7 Å². The van der Waals surface area contributed by atoms with E-state index < -0.39 is 18.0 Å². The summed E-state index contributed by atoms with van der Waals surface area (Å²) in [7, 11) is 0. The minimum absolute atomic E-state index is 0.147. The Bertz CT molecular complexity index is 820. The summed E-state index contributed by atoms with van der Waals surface area (Å²) in [5.74, 6) is -0.927. The van der Waals surface area contributed by atoms with Gasteiger partial charge >= 0.3 is 5.97 Å². The molecule has 0 fully saturated rings. The molecule has 140 valence electrons. The Morgan fingerprint density at radius 2 is 2.00 bits per heavy atom. The molecule has 0 aliphatic carbocycles. The molecular weight excluding hydrogens is 379 g/mol. The van der Waals surface area contributed by atoms with E-state index in [-0.39, 0.29) is 15.9 Å². The number of hydrogen-bond acceptors (Lipinski definition) is 5. The van der Waals surface area contributed by atoms with Gasteiger partial charge in [-0.25, -0.2) is 9.78 Å². The average molecular weight is 399 g/mol. The summed E-state index contributed by atoms with van der Waals surface area (Å²) >= 11 is 12.2. The van der Waals surface area contributed by atoms with Crippen LogP contribution >= 0.6 is 23.2 Å². The molecule has 1 amide bonds. The van der Waals surface area contributed by atoms with Crippen molar-refractivity contribution in [2.75, 3.05) is 5.32 Å². The maximum atomic E-state index is 12.4. The lowest BCUT2D eigenvalue weighted by Gasteiger charge is -2.14.